The Balaban J connectivity index is 1.36. The van der Waals surface area contributed by atoms with E-state index in [0.29, 0.717) is 36.2 Å². The van der Waals surface area contributed by atoms with Gasteiger partial charge >= 0.3 is 5.97 Å². The average Bonchev–Trinajstić information content (AvgIpc) is 3.29. The van der Waals surface area contributed by atoms with Gasteiger partial charge in [0.2, 0.25) is 0 Å². The number of carbonyl (C=O) groups is 2. The molecule has 2 aliphatic rings. The molecule has 0 radical (unpaired) electrons. The number of amides is 1. The van der Waals surface area contributed by atoms with E-state index in [2.05, 4.69) is 0 Å². The van der Waals surface area contributed by atoms with Crippen LogP contribution in [0.2, 0.25) is 0 Å². The van der Waals surface area contributed by atoms with Crippen molar-refractivity contribution in [2.24, 2.45) is 0 Å². The summed E-state index contributed by atoms with van der Waals surface area (Å²) in [6, 6.07) is 21.6. The topological polar surface area (TPSA) is 46.6 Å². The van der Waals surface area contributed by atoms with E-state index >= 15 is 0 Å². The van der Waals surface area contributed by atoms with Crippen LogP contribution < -0.4 is 0 Å². The molecule has 0 bridgehead atoms. The molecule has 1 amide bonds. The minimum absolute atomic E-state index is 0.000200. The number of esters is 1. The Morgan fingerprint density at radius 3 is 2.58 bits per heavy atom. The lowest BCUT2D eigenvalue weighted by molar-refractivity contribution is 0.0252. The Bertz CT molecular complexity index is 1140. The second-order valence-corrected chi connectivity index (χ2v) is 8.14. The monoisotopic (exact) mass is 415 g/mol. The lowest BCUT2D eigenvalue weighted by Crippen LogP contribution is -2.29. The highest BCUT2D eigenvalue weighted by molar-refractivity contribution is 5.98. The van der Waals surface area contributed by atoms with Crippen LogP contribution in [-0.2, 0) is 11.2 Å². The third kappa shape index (κ3) is 3.72. The van der Waals surface area contributed by atoms with Gasteiger partial charge in [-0.3, -0.25) is 4.79 Å². The van der Waals surface area contributed by atoms with Crippen LogP contribution >= 0.6 is 0 Å². The van der Waals surface area contributed by atoms with E-state index in [1.165, 1.54) is 6.07 Å². The van der Waals surface area contributed by atoms with Gasteiger partial charge in [-0.25, -0.2) is 9.18 Å². The molecule has 3 aromatic rings. The number of ether oxygens (including phenoxy) is 1. The molecule has 156 valence electrons. The summed E-state index contributed by atoms with van der Waals surface area (Å²) < 4.78 is 19.8. The van der Waals surface area contributed by atoms with Crippen molar-refractivity contribution in [2.75, 3.05) is 13.1 Å². The fourth-order valence-corrected chi connectivity index (χ4v) is 4.57. The van der Waals surface area contributed by atoms with Crippen molar-refractivity contribution in [3.05, 3.63) is 106 Å². The Labute approximate surface area is 180 Å². The maximum Gasteiger partial charge on any atom is 0.339 e. The van der Waals surface area contributed by atoms with Crippen molar-refractivity contribution >= 4 is 11.9 Å². The van der Waals surface area contributed by atoms with Crippen molar-refractivity contribution < 1.29 is 18.7 Å². The Morgan fingerprint density at radius 2 is 1.77 bits per heavy atom. The summed E-state index contributed by atoms with van der Waals surface area (Å²) in [7, 11) is 0. The third-order valence-corrected chi connectivity index (χ3v) is 6.22. The summed E-state index contributed by atoms with van der Waals surface area (Å²) in [4.78, 5) is 27.4. The SMILES string of the molecule is O=C1OC(c2ccccc2)Cc2cc(C(=O)N3CCC(c4ccccc4F)C3)ccc21. The molecule has 0 aromatic heterocycles. The van der Waals surface area contributed by atoms with Crippen LogP contribution in [-0.4, -0.2) is 29.9 Å². The number of likely N-dealkylation sites (tertiary alicyclic amines) is 1. The number of halogens is 1. The lowest BCUT2D eigenvalue weighted by Gasteiger charge is -2.26. The predicted molar refractivity (Wildman–Crippen MR) is 114 cm³/mol. The number of hydrogen-bond acceptors (Lipinski definition) is 3. The average molecular weight is 415 g/mol. The number of carbonyl (C=O) groups excluding carboxylic acids is 2. The number of fused-ring (bicyclic) bond motifs is 1. The fourth-order valence-electron chi connectivity index (χ4n) is 4.57. The molecule has 2 atom stereocenters. The molecule has 4 nitrogen and oxygen atoms in total. The molecule has 5 heteroatoms. The van der Waals surface area contributed by atoms with Crippen molar-refractivity contribution in [2.45, 2.75) is 24.9 Å². The highest BCUT2D eigenvalue weighted by atomic mass is 19.1. The first-order chi connectivity index (χ1) is 15.1. The van der Waals surface area contributed by atoms with E-state index in [4.69, 9.17) is 4.74 Å². The number of benzene rings is 3. The molecule has 1 fully saturated rings. The molecule has 5 rings (SSSR count). The first-order valence-electron chi connectivity index (χ1n) is 10.5. The number of cyclic esters (lactones) is 1. The van der Waals surface area contributed by atoms with E-state index in [1.54, 1.807) is 29.2 Å². The highest BCUT2D eigenvalue weighted by Crippen LogP contribution is 2.33. The molecule has 2 aliphatic heterocycles. The summed E-state index contributed by atoms with van der Waals surface area (Å²) in [5.74, 6) is -0.673. The fraction of sp³-hybridized carbons (Fsp3) is 0.231. The lowest BCUT2D eigenvalue weighted by atomic mass is 9.93. The van der Waals surface area contributed by atoms with Gasteiger partial charge in [0, 0.05) is 31.0 Å². The molecule has 3 aromatic carbocycles. The maximum absolute atomic E-state index is 14.1. The quantitative estimate of drug-likeness (QED) is 0.571. The van der Waals surface area contributed by atoms with Gasteiger partial charge in [-0.15, -0.1) is 0 Å². The summed E-state index contributed by atoms with van der Waals surface area (Å²) >= 11 is 0. The Kier molecular flexibility index (Phi) is 5.02. The summed E-state index contributed by atoms with van der Waals surface area (Å²) in [5, 5.41) is 0. The molecule has 0 N–H and O–H groups in total. The number of rotatable bonds is 3. The normalized spacial score (nSPS) is 20.3. The van der Waals surface area contributed by atoms with Crippen molar-refractivity contribution in [3.8, 4) is 0 Å². The zero-order valence-electron chi connectivity index (χ0n) is 17.0. The van der Waals surface area contributed by atoms with Crippen molar-refractivity contribution in [3.63, 3.8) is 0 Å². The smallest absolute Gasteiger partial charge is 0.339 e. The first kappa shape index (κ1) is 19.5. The van der Waals surface area contributed by atoms with Crippen LogP contribution in [0.1, 0.15) is 55.8 Å². The molecule has 2 heterocycles. The van der Waals surface area contributed by atoms with Gasteiger partial charge in [0.15, 0.2) is 0 Å². The van der Waals surface area contributed by atoms with E-state index < -0.39 is 0 Å². The van der Waals surface area contributed by atoms with E-state index in [0.717, 1.165) is 17.5 Å². The van der Waals surface area contributed by atoms with Crippen LogP contribution in [0.3, 0.4) is 0 Å². The summed E-state index contributed by atoms with van der Waals surface area (Å²) in [6.07, 6.45) is 0.910. The van der Waals surface area contributed by atoms with E-state index in [1.807, 2.05) is 42.5 Å². The summed E-state index contributed by atoms with van der Waals surface area (Å²) in [6.45, 7) is 1.08. The second-order valence-electron chi connectivity index (χ2n) is 8.14. The minimum Gasteiger partial charge on any atom is -0.454 e. The second kappa shape index (κ2) is 7.99. The van der Waals surface area contributed by atoms with Crippen LogP contribution in [0.25, 0.3) is 0 Å². The largest absolute Gasteiger partial charge is 0.454 e. The number of hydrogen-bond donors (Lipinski definition) is 0. The molecular formula is C26H22FNO3. The Morgan fingerprint density at radius 1 is 1.00 bits per heavy atom. The molecule has 31 heavy (non-hydrogen) atoms. The highest BCUT2D eigenvalue weighted by Gasteiger charge is 2.32. The van der Waals surface area contributed by atoms with E-state index in [-0.39, 0.29) is 29.7 Å². The van der Waals surface area contributed by atoms with E-state index in [9.17, 15) is 14.0 Å². The molecule has 0 spiro atoms. The predicted octanol–water partition coefficient (Wildman–Crippen LogP) is 4.91. The summed E-state index contributed by atoms with van der Waals surface area (Å²) in [5.41, 5.74) is 3.48. The van der Waals surface area contributed by atoms with Crippen molar-refractivity contribution in [1.82, 2.24) is 4.90 Å². The third-order valence-electron chi connectivity index (χ3n) is 6.22. The van der Waals surface area contributed by atoms with Crippen molar-refractivity contribution in [1.29, 1.82) is 0 Å². The van der Waals surface area contributed by atoms with Gasteiger partial charge in [-0.2, -0.15) is 0 Å². The zero-order chi connectivity index (χ0) is 21.4. The minimum atomic E-state index is -0.366. The molecule has 2 unspecified atom stereocenters. The Hall–Kier alpha value is -3.47. The van der Waals surface area contributed by atoms with Crippen LogP contribution in [0, 0.1) is 5.82 Å². The standard InChI is InChI=1S/C26H22FNO3/c27-23-9-5-4-8-21(23)19-12-13-28(16-19)25(29)18-10-11-22-20(14-18)15-24(31-26(22)30)17-6-2-1-3-7-17/h1-11,14,19,24H,12-13,15-16H2. The molecule has 1 saturated heterocycles. The van der Waals surface area contributed by atoms with Gasteiger partial charge < -0.3 is 9.64 Å². The van der Waals surface area contributed by atoms with Crippen LogP contribution in [0.4, 0.5) is 4.39 Å². The van der Waals surface area contributed by atoms with Gasteiger partial charge in [-0.05, 0) is 47.4 Å². The molecule has 0 aliphatic carbocycles. The maximum atomic E-state index is 14.1. The molecular weight excluding hydrogens is 393 g/mol. The van der Waals surface area contributed by atoms with Gasteiger partial charge in [0.1, 0.15) is 11.9 Å². The van der Waals surface area contributed by atoms with Crippen LogP contribution in [0.15, 0.2) is 72.8 Å². The van der Waals surface area contributed by atoms with Crippen LogP contribution in [0.5, 0.6) is 0 Å². The zero-order valence-corrected chi connectivity index (χ0v) is 17.0. The number of nitrogens with zero attached hydrogens (tertiary/aromatic N) is 1. The van der Waals surface area contributed by atoms with Gasteiger partial charge in [0.05, 0.1) is 5.56 Å². The molecule has 0 saturated carbocycles. The van der Waals surface area contributed by atoms with Gasteiger partial charge in [-0.1, -0.05) is 48.5 Å². The first-order valence-corrected chi connectivity index (χ1v) is 10.5. The van der Waals surface area contributed by atoms with Gasteiger partial charge in [0.25, 0.3) is 5.91 Å².